The summed E-state index contributed by atoms with van der Waals surface area (Å²) in [4.78, 5) is 20.7. The Balaban J connectivity index is 0. The summed E-state index contributed by atoms with van der Waals surface area (Å²) in [5.41, 5.74) is 0. The Morgan fingerprint density at radius 2 is 0.583 bits per heavy atom. The Morgan fingerprint density at radius 1 is 0.417 bits per heavy atom. The third-order valence-electron chi connectivity index (χ3n) is 4.28. The van der Waals surface area contributed by atoms with Gasteiger partial charge in [0.2, 0.25) is 0 Å². The molecule has 0 aliphatic carbocycles. The fourth-order valence-electron chi connectivity index (χ4n) is 2.85. The molecule has 0 aromatic rings. The molecule has 0 heterocycles. The summed E-state index contributed by atoms with van der Waals surface area (Å²) in [6.45, 7) is 0. The van der Waals surface area contributed by atoms with Gasteiger partial charge in [-0.3, -0.25) is 9.59 Å². The Bertz CT molecular complexity index is 267. The van der Waals surface area contributed by atoms with E-state index in [0.29, 0.717) is 12.8 Å². The van der Waals surface area contributed by atoms with Crippen molar-refractivity contribution in [1.82, 2.24) is 0 Å². The van der Waals surface area contributed by atoms with Gasteiger partial charge in [0, 0.05) is 12.8 Å². The van der Waals surface area contributed by atoms with Gasteiger partial charge < -0.3 is 10.2 Å². The van der Waals surface area contributed by atoms with E-state index in [1.807, 2.05) is 0 Å². The van der Waals surface area contributed by atoms with Crippen LogP contribution in [0, 0.1) is 0 Å². The lowest BCUT2D eigenvalue weighted by molar-refractivity contribution is -0.138. The summed E-state index contributed by atoms with van der Waals surface area (Å²) in [6, 6.07) is 0. The third kappa shape index (κ3) is 23.5. The quantitative estimate of drug-likeness (QED) is 0.283. The number of rotatable bonds is 18. The lowest BCUT2D eigenvalue weighted by atomic mass is 10.0. The zero-order valence-electron chi connectivity index (χ0n) is 15.1. The number of carboxylic acids is 2. The molecule has 0 spiro atoms. The van der Waals surface area contributed by atoms with Gasteiger partial charge in [-0.1, -0.05) is 83.5 Å². The molecule has 144 valence electrons. The van der Waals surface area contributed by atoms with Crippen molar-refractivity contribution in [2.75, 3.05) is 0 Å². The Labute approximate surface area is 153 Å². The summed E-state index contributed by atoms with van der Waals surface area (Å²) < 4.78 is 0. The molecule has 2 N–H and O–H groups in total. The molecule has 0 saturated carbocycles. The van der Waals surface area contributed by atoms with Crippen LogP contribution in [-0.2, 0) is 9.59 Å². The van der Waals surface area contributed by atoms with Gasteiger partial charge in [-0.2, -0.15) is 0 Å². The molecule has 5 heteroatoms. The highest BCUT2D eigenvalue weighted by atomic mass is 35.5. The molecule has 0 rings (SSSR count). The average Bonchev–Trinajstić information content (AvgIpc) is 2.49. The SMILES string of the molecule is Cl.O=C(O)CCCCCCCCCCCCCCCCCC(=O)O. The van der Waals surface area contributed by atoms with Crippen LogP contribution in [0.1, 0.15) is 109 Å². The molecular formula is C19H37ClO4. The van der Waals surface area contributed by atoms with Gasteiger partial charge in [-0.05, 0) is 12.8 Å². The topological polar surface area (TPSA) is 74.6 Å². The number of carbonyl (C=O) groups is 2. The van der Waals surface area contributed by atoms with Crippen LogP contribution in [0.15, 0.2) is 0 Å². The molecule has 0 amide bonds. The van der Waals surface area contributed by atoms with E-state index in [-0.39, 0.29) is 12.4 Å². The molecule has 0 aromatic heterocycles. The van der Waals surface area contributed by atoms with Crippen LogP contribution < -0.4 is 0 Å². The lowest BCUT2D eigenvalue weighted by Crippen LogP contribution is -1.93. The maximum absolute atomic E-state index is 10.4. The van der Waals surface area contributed by atoms with Gasteiger partial charge in [-0.25, -0.2) is 0 Å². The standard InChI is InChI=1S/C19H36O4.ClH/c20-18(21)16-14-12-10-8-6-4-2-1-3-5-7-9-11-13-15-17-19(22)23;/h1-17H2,(H,20,21)(H,22,23);1H. The minimum absolute atomic E-state index is 0. The van der Waals surface area contributed by atoms with Gasteiger partial charge in [0.1, 0.15) is 0 Å². The van der Waals surface area contributed by atoms with Crippen molar-refractivity contribution < 1.29 is 19.8 Å². The van der Waals surface area contributed by atoms with E-state index in [1.165, 1.54) is 70.6 Å². The highest BCUT2D eigenvalue weighted by Gasteiger charge is 1.98. The molecule has 0 bridgehead atoms. The molecule has 0 atom stereocenters. The fraction of sp³-hybridized carbons (Fsp3) is 0.895. The van der Waals surface area contributed by atoms with Crippen LogP contribution in [0.2, 0.25) is 0 Å². The van der Waals surface area contributed by atoms with Crippen molar-refractivity contribution in [1.29, 1.82) is 0 Å². The van der Waals surface area contributed by atoms with Crippen LogP contribution in [0.25, 0.3) is 0 Å². The van der Waals surface area contributed by atoms with Crippen LogP contribution in [0.3, 0.4) is 0 Å². The molecule has 0 aromatic carbocycles. The minimum Gasteiger partial charge on any atom is -0.481 e. The Kier molecular flexibility index (Phi) is 21.5. The average molecular weight is 365 g/mol. The maximum atomic E-state index is 10.4. The largest absolute Gasteiger partial charge is 0.481 e. The van der Waals surface area contributed by atoms with Crippen molar-refractivity contribution in [3.8, 4) is 0 Å². The third-order valence-corrected chi connectivity index (χ3v) is 4.28. The van der Waals surface area contributed by atoms with Crippen LogP contribution in [-0.4, -0.2) is 22.2 Å². The zero-order valence-corrected chi connectivity index (χ0v) is 16.0. The summed E-state index contributed by atoms with van der Waals surface area (Å²) >= 11 is 0. The summed E-state index contributed by atoms with van der Waals surface area (Å²) in [5, 5.41) is 17.1. The summed E-state index contributed by atoms with van der Waals surface area (Å²) in [7, 11) is 0. The van der Waals surface area contributed by atoms with E-state index in [4.69, 9.17) is 10.2 Å². The van der Waals surface area contributed by atoms with Crippen molar-refractivity contribution in [2.24, 2.45) is 0 Å². The second-order valence-corrected chi connectivity index (χ2v) is 6.59. The molecule has 4 nitrogen and oxygen atoms in total. The van der Waals surface area contributed by atoms with E-state index in [1.54, 1.807) is 0 Å². The first kappa shape index (κ1) is 25.5. The molecule has 0 saturated heterocycles. The van der Waals surface area contributed by atoms with Gasteiger partial charge in [0.05, 0.1) is 0 Å². The number of hydrogen-bond donors (Lipinski definition) is 2. The van der Waals surface area contributed by atoms with Crippen LogP contribution in [0.4, 0.5) is 0 Å². The maximum Gasteiger partial charge on any atom is 0.303 e. The summed E-state index contributed by atoms with van der Waals surface area (Å²) in [6.07, 6.45) is 18.4. The van der Waals surface area contributed by atoms with Gasteiger partial charge in [0.15, 0.2) is 0 Å². The van der Waals surface area contributed by atoms with Crippen molar-refractivity contribution in [3.63, 3.8) is 0 Å². The second-order valence-electron chi connectivity index (χ2n) is 6.59. The van der Waals surface area contributed by atoms with Gasteiger partial charge >= 0.3 is 11.9 Å². The Hall–Kier alpha value is -0.770. The monoisotopic (exact) mass is 364 g/mol. The molecule has 24 heavy (non-hydrogen) atoms. The predicted octanol–water partition coefficient (Wildman–Crippen LogP) is 6.21. The number of carboxylic acid groups (broad SMARTS) is 2. The highest BCUT2D eigenvalue weighted by molar-refractivity contribution is 5.85. The van der Waals surface area contributed by atoms with E-state index >= 15 is 0 Å². The predicted molar refractivity (Wildman–Crippen MR) is 101 cm³/mol. The van der Waals surface area contributed by atoms with Gasteiger partial charge in [0.25, 0.3) is 0 Å². The van der Waals surface area contributed by atoms with Crippen LogP contribution >= 0.6 is 12.4 Å². The number of halogens is 1. The molecule has 0 radical (unpaired) electrons. The fourth-order valence-corrected chi connectivity index (χ4v) is 2.85. The first-order valence-corrected chi connectivity index (χ1v) is 9.56. The van der Waals surface area contributed by atoms with Crippen molar-refractivity contribution in [3.05, 3.63) is 0 Å². The lowest BCUT2D eigenvalue weighted by Gasteiger charge is -2.03. The molecule has 0 aliphatic heterocycles. The van der Waals surface area contributed by atoms with Gasteiger partial charge in [-0.15, -0.1) is 12.4 Å². The number of hydrogen-bond acceptors (Lipinski definition) is 2. The highest BCUT2D eigenvalue weighted by Crippen LogP contribution is 2.14. The smallest absolute Gasteiger partial charge is 0.303 e. The molecular weight excluding hydrogens is 328 g/mol. The number of aliphatic carboxylic acids is 2. The second kappa shape index (κ2) is 20.3. The van der Waals surface area contributed by atoms with E-state index in [9.17, 15) is 9.59 Å². The van der Waals surface area contributed by atoms with E-state index < -0.39 is 11.9 Å². The minimum atomic E-state index is -0.676. The normalized spacial score (nSPS) is 10.3. The first-order chi connectivity index (χ1) is 11.1. The van der Waals surface area contributed by atoms with Crippen molar-refractivity contribution >= 4 is 24.3 Å². The molecule has 0 fully saturated rings. The van der Waals surface area contributed by atoms with E-state index in [0.717, 1.165) is 25.7 Å². The first-order valence-electron chi connectivity index (χ1n) is 9.56. The van der Waals surface area contributed by atoms with Crippen LogP contribution in [0.5, 0.6) is 0 Å². The van der Waals surface area contributed by atoms with E-state index in [2.05, 4.69) is 0 Å². The van der Waals surface area contributed by atoms with Crippen molar-refractivity contribution in [2.45, 2.75) is 109 Å². The zero-order chi connectivity index (χ0) is 17.2. The Morgan fingerprint density at radius 3 is 0.750 bits per heavy atom. The molecule has 0 aliphatic rings. The summed E-state index contributed by atoms with van der Waals surface area (Å²) in [5.74, 6) is -1.35. The molecule has 0 unspecified atom stereocenters. The number of unbranched alkanes of at least 4 members (excludes halogenated alkanes) is 14.